The van der Waals surface area contributed by atoms with Crippen LogP contribution >= 0.6 is 0 Å². The first-order valence-electron chi connectivity index (χ1n) is 7.05. The molecule has 1 aliphatic rings. The van der Waals surface area contributed by atoms with Gasteiger partial charge in [-0.1, -0.05) is 39.8 Å². The average Bonchev–Trinajstić information content (AvgIpc) is 2.78. The van der Waals surface area contributed by atoms with E-state index in [0.29, 0.717) is 6.42 Å². The molecule has 1 amide bonds. The molecule has 2 N–H and O–H groups in total. The molecule has 0 fully saturated rings. The number of hydrogen-bond acceptors (Lipinski definition) is 2. The minimum atomic E-state index is -0.381. The predicted molar refractivity (Wildman–Crippen MR) is 79.5 cm³/mol. The van der Waals surface area contributed by atoms with E-state index in [2.05, 4.69) is 39.0 Å². The van der Waals surface area contributed by atoms with Crippen molar-refractivity contribution < 1.29 is 4.79 Å². The Labute approximate surface area is 115 Å². The van der Waals surface area contributed by atoms with E-state index in [-0.39, 0.29) is 17.4 Å². The van der Waals surface area contributed by atoms with Crippen LogP contribution in [0.3, 0.4) is 0 Å². The van der Waals surface area contributed by atoms with E-state index in [1.54, 1.807) is 0 Å². The zero-order valence-electron chi connectivity index (χ0n) is 12.4. The van der Waals surface area contributed by atoms with E-state index in [1.807, 2.05) is 11.8 Å². The van der Waals surface area contributed by atoms with Crippen LogP contribution in [0, 0.1) is 0 Å². The van der Waals surface area contributed by atoms with Crippen molar-refractivity contribution in [2.45, 2.75) is 52.0 Å². The first-order chi connectivity index (χ1) is 8.84. The van der Waals surface area contributed by atoms with Crippen LogP contribution in [0.25, 0.3) is 0 Å². The van der Waals surface area contributed by atoms with Crippen LogP contribution < -0.4 is 10.6 Å². The number of nitrogens with two attached hydrogens (primary N) is 1. The molecule has 0 aromatic heterocycles. The van der Waals surface area contributed by atoms with E-state index >= 15 is 0 Å². The normalized spacial score (nSPS) is 16.4. The quantitative estimate of drug-likeness (QED) is 0.888. The summed E-state index contributed by atoms with van der Waals surface area (Å²) in [5.74, 6) is 0.0461. The fraction of sp³-hybridized carbons (Fsp3) is 0.562. The van der Waals surface area contributed by atoms with Crippen LogP contribution in [-0.2, 0) is 16.6 Å². The molecular weight excluding hydrogens is 236 g/mol. The van der Waals surface area contributed by atoms with Gasteiger partial charge in [0.2, 0.25) is 5.91 Å². The molecule has 3 nitrogen and oxygen atoms in total. The maximum absolute atomic E-state index is 12.2. The first-order valence-corrected chi connectivity index (χ1v) is 7.05. The van der Waals surface area contributed by atoms with Gasteiger partial charge in [-0.3, -0.25) is 4.79 Å². The first kappa shape index (κ1) is 14.1. The lowest BCUT2D eigenvalue weighted by Crippen LogP contribution is -2.42. The second kappa shape index (κ2) is 4.97. The number of carbonyl (C=O) groups is 1. The summed E-state index contributed by atoms with van der Waals surface area (Å²) in [7, 11) is 0. The van der Waals surface area contributed by atoms with Gasteiger partial charge < -0.3 is 10.6 Å². The molecule has 0 radical (unpaired) electrons. The van der Waals surface area contributed by atoms with Crippen LogP contribution in [0.15, 0.2) is 18.2 Å². The maximum Gasteiger partial charge on any atom is 0.243 e. The number of nitrogens with zero attached hydrogens (tertiary/aromatic N) is 1. The summed E-state index contributed by atoms with van der Waals surface area (Å²) >= 11 is 0. The lowest BCUT2D eigenvalue weighted by molar-refractivity contribution is -0.119. The van der Waals surface area contributed by atoms with Gasteiger partial charge in [-0.2, -0.15) is 0 Å². The summed E-state index contributed by atoms with van der Waals surface area (Å²) in [4.78, 5) is 14.1. The summed E-state index contributed by atoms with van der Waals surface area (Å²) in [6, 6.07) is 6.05. The third-order valence-electron chi connectivity index (χ3n) is 3.86. The van der Waals surface area contributed by atoms with Crippen molar-refractivity contribution >= 4 is 11.6 Å². The predicted octanol–water partition coefficient (Wildman–Crippen LogP) is 2.61. The number of carbonyl (C=O) groups excluding carboxylic acids is 1. The Morgan fingerprint density at radius 3 is 2.68 bits per heavy atom. The van der Waals surface area contributed by atoms with Gasteiger partial charge in [-0.05, 0) is 35.4 Å². The molecule has 0 bridgehead atoms. The van der Waals surface area contributed by atoms with Gasteiger partial charge in [0.25, 0.3) is 0 Å². The smallest absolute Gasteiger partial charge is 0.243 e. The van der Waals surface area contributed by atoms with Gasteiger partial charge in [-0.15, -0.1) is 0 Å². The molecule has 0 spiro atoms. The highest BCUT2D eigenvalue weighted by Crippen LogP contribution is 2.33. The summed E-state index contributed by atoms with van der Waals surface area (Å²) < 4.78 is 0. The minimum Gasteiger partial charge on any atom is -0.320 e. The van der Waals surface area contributed by atoms with Gasteiger partial charge >= 0.3 is 0 Å². The summed E-state index contributed by atoms with van der Waals surface area (Å²) in [5, 5.41) is 0. The molecule has 0 aliphatic carbocycles. The van der Waals surface area contributed by atoms with E-state index < -0.39 is 0 Å². The van der Waals surface area contributed by atoms with Gasteiger partial charge in [0.15, 0.2) is 0 Å². The van der Waals surface area contributed by atoms with Crippen LogP contribution in [0.4, 0.5) is 5.69 Å². The highest BCUT2D eigenvalue weighted by molar-refractivity contribution is 5.98. The zero-order chi connectivity index (χ0) is 14.2. The Bertz CT molecular complexity index is 488. The molecule has 19 heavy (non-hydrogen) atoms. The molecule has 3 heteroatoms. The molecule has 0 unspecified atom stereocenters. The molecule has 104 valence electrons. The monoisotopic (exact) mass is 260 g/mol. The summed E-state index contributed by atoms with van der Waals surface area (Å²) in [6.45, 7) is 9.33. The van der Waals surface area contributed by atoms with Gasteiger partial charge in [0.05, 0.1) is 6.04 Å². The number of rotatable bonds is 2. The van der Waals surface area contributed by atoms with E-state index in [0.717, 1.165) is 18.7 Å². The van der Waals surface area contributed by atoms with Crippen molar-refractivity contribution in [3.05, 3.63) is 29.3 Å². The zero-order valence-corrected chi connectivity index (χ0v) is 12.4. The second-order valence-corrected chi connectivity index (χ2v) is 6.35. The Kier molecular flexibility index (Phi) is 3.68. The van der Waals surface area contributed by atoms with Crippen LogP contribution in [0.5, 0.6) is 0 Å². The van der Waals surface area contributed by atoms with E-state index in [4.69, 9.17) is 5.73 Å². The Balaban J connectivity index is 2.30. The van der Waals surface area contributed by atoms with E-state index in [1.165, 1.54) is 11.1 Å². The number of benzene rings is 1. The lowest BCUT2D eigenvalue weighted by atomic mass is 9.86. The fourth-order valence-corrected chi connectivity index (χ4v) is 2.47. The third kappa shape index (κ3) is 2.66. The largest absolute Gasteiger partial charge is 0.320 e. The number of fused-ring (bicyclic) bond motifs is 1. The molecule has 1 aromatic rings. The standard InChI is InChI=1S/C16H24N2O/c1-5-13(17)15(19)18-9-8-11-10-12(16(2,3)4)6-7-14(11)18/h6-7,10,13H,5,8-9,17H2,1-4H3/t13-/m1/s1. The van der Waals surface area contributed by atoms with Crippen molar-refractivity contribution in [3.63, 3.8) is 0 Å². The number of hydrogen-bond donors (Lipinski definition) is 1. The molecule has 1 heterocycles. The summed E-state index contributed by atoms with van der Waals surface area (Å²) in [5.41, 5.74) is 9.64. The molecular formula is C16H24N2O. The van der Waals surface area contributed by atoms with Crippen LogP contribution in [0.2, 0.25) is 0 Å². The second-order valence-electron chi connectivity index (χ2n) is 6.35. The van der Waals surface area contributed by atoms with Gasteiger partial charge in [0, 0.05) is 12.2 Å². The van der Waals surface area contributed by atoms with Gasteiger partial charge in [-0.25, -0.2) is 0 Å². The van der Waals surface area contributed by atoms with Crippen molar-refractivity contribution in [2.24, 2.45) is 5.73 Å². The van der Waals surface area contributed by atoms with Crippen LogP contribution in [0.1, 0.15) is 45.2 Å². The molecule has 0 saturated heterocycles. The molecule has 1 aromatic carbocycles. The highest BCUT2D eigenvalue weighted by atomic mass is 16.2. The van der Waals surface area contributed by atoms with Crippen LogP contribution in [-0.4, -0.2) is 18.5 Å². The third-order valence-corrected chi connectivity index (χ3v) is 3.86. The molecule has 1 aliphatic heterocycles. The average molecular weight is 260 g/mol. The topological polar surface area (TPSA) is 46.3 Å². The van der Waals surface area contributed by atoms with Crippen molar-refractivity contribution in [3.8, 4) is 0 Å². The maximum atomic E-state index is 12.2. The van der Waals surface area contributed by atoms with Crippen molar-refractivity contribution in [1.29, 1.82) is 0 Å². The minimum absolute atomic E-state index is 0.0461. The Morgan fingerprint density at radius 1 is 1.42 bits per heavy atom. The molecule has 0 saturated carbocycles. The Hall–Kier alpha value is -1.35. The molecule has 2 rings (SSSR count). The number of anilines is 1. The molecule has 1 atom stereocenters. The number of amides is 1. The fourth-order valence-electron chi connectivity index (χ4n) is 2.47. The SMILES string of the molecule is CC[C@@H](N)C(=O)N1CCc2cc(C(C)(C)C)ccc21. The van der Waals surface area contributed by atoms with Crippen molar-refractivity contribution in [1.82, 2.24) is 0 Å². The highest BCUT2D eigenvalue weighted by Gasteiger charge is 2.28. The summed E-state index contributed by atoms with van der Waals surface area (Å²) in [6.07, 6.45) is 1.62. The van der Waals surface area contributed by atoms with Gasteiger partial charge in [0.1, 0.15) is 0 Å². The lowest BCUT2D eigenvalue weighted by Gasteiger charge is -2.23. The van der Waals surface area contributed by atoms with E-state index in [9.17, 15) is 4.79 Å². The Morgan fingerprint density at radius 2 is 2.11 bits per heavy atom. The van der Waals surface area contributed by atoms with Crippen molar-refractivity contribution in [2.75, 3.05) is 11.4 Å².